The van der Waals surface area contributed by atoms with E-state index in [9.17, 15) is 4.79 Å². The molecule has 4 nitrogen and oxygen atoms in total. The molecule has 3 aliphatic rings. The summed E-state index contributed by atoms with van der Waals surface area (Å²) in [5, 5.41) is 3.89. The van der Waals surface area contributed by atoms with Crippen LogP contribution in [-0.2, 0) is 4.79 Å². The summed E-state index contributed by atoms with van der Waals surface area (Å²) < 4.78 is 0. The van der Waals surface area contributed by atoms with Crippen LogP contribution in [0.15, 0.2) is 48.5 Å². The van der Waals surface area contributed by atoms with Crippen molar-refractivity contribution in [2.75, 3.05) is 42.9 Å². The number of halogens is 1. The van der Waals surface area contributed by atoms with E-state index in [0.29, 0.717) is 0 Å². The Kier molecular flexibility index (Phi) is 5.23. The normalized spacial score (nSPS) is 24.4. The van der Waals surface area contributed by atoms with Crippen LogP contribution in [0.4, 0.5) is 11.4 Å². The number of nitrogens with zero attached hydrogens (tertiary/aromatic N) is 2. The molecule has 1 N–H and O–H groups in total. The van der Waals surface area contributed by atoms with Crippen LogP contribution in [0.3, 0.4) is 0 Å². The van der Waals surface area contributed by atoms with E-state index in [1.165, 1.54) is 25.1 Å². The molecule has 2 unspecified atom stereocenters. The second-order valence-electron chi connectivity index (χ2n) is 8.74. The maximum absolute atomic E-state index is 12.7. The maximum Gasteiger partial charge on any atom is 0.228 e. The van der Waals surface area contributed by atoms with Crippen molar-refractivity contribution >= 4 is 28.9 Å². The number of carbonyl (C=O) groups excluding carboxylic acids is 1. The van der Waals surface area contributed by atoms with Gasteiger partial charge in [-0.15, -0.1) is 0 Å². The van der Waals surface area contributed by atoms with Gasteiger partial charge in [-0.25, -0.2) is 0 Å². The highest BCUT2D eigenvalue weighted by Crippen LogP contribution is 2.50. The second-order valence-corrected chi connectivity index (χ2v) is 9.15. The minimum absolute atomic E-state index is 0.0181. The number of hydrogen-bond donors (Lipinski definition) is 1. The van der Waals surface area contributed by atoms with Gasteiger partial charge in [-0.2, -0.15) is 0 Å². The third kappa shape index (κ3) is 4.44. The number of nitrogens with one attached hydrogen (secondary N) is 1. The molecule has 2 aliphatic carbocycles. The maximum atomic E-state index is 12.7. The fourth-order valence-corrected chi connectivity index (χ4v) is 4.75. The van der Waals surface area contributed by atoms with E-state index in [-0.39, 0.29) is 17.7 Å². The number of amides is 1. The lowest BCUT2D eigenvalue weighted by molar-refractivity contribution is -0.117. The van der Waals surface area contributed by atoms with E-state index < -0.39 is 0 Å². The molecule has 2 aromatic carbocycles. The lowest BCUT2D eigenvalue weighted by atomic mass is 10.1. The van der Waals surface area contributed by atoms with Gasteiger partial charge in [-0.1, -0.05) is 35.9 Å². The molecule has 1 saturated heterocycles. The third-order valence-electron chi connectivity index (χ3n) is 6.50. The van der Waals surface area contributed by atoms with Crippen LogP contribution in [0.2, 0.25) is 5.02 Å². The number of rotatable bonds is 6. The lowest BCUT2D eigenvalue weighted by Gasteiger charge is -2.36. The molecular formula is C24H28ClN3O. The fraction of sp³-hybridized carbons (Fsp3) is 0.458. The standard InChI is InChI=1S/C24H28ClN3O/c25-23-7-2-1-6-20(23)21-15-22(21)24(29)26-18-4-3-5-19(14-18)28-12-10-27(11-13-28)16-17-8-9-17/h1-7,14,17,21-22H,8-13,15-16H2,(H,26,29). The number of carbonyl (C=O) groups is 1. The first-order valence-corrected chi connectivity index (χ1v) is 11.2. The van der Waals surface area contributed by atoms with E-state index in [2.05, 4.69) is 27.2 Å². The molecule has 1 amide bonds. The summed E-state index contributed by atoms with van der Waals surface area (Å²) in [7, 11) is 0. The predicted octanol–water partition coefficient (Wildman–Crippen LogP) is 4.61. The molecule has 5 rings (SSSR count). The van der Waals surface area contributed by atoms with Crippen LogP contribution in [0, 0.1) is 11.8 Å². The van der Waals surface area contributed by atoms with E-state index >= 15 is 0 Å². The van der Waals surface area contributed by atoms with E-state index in [1.807, 2.05) is 36.4 Å². The van der Waals surface area contributed by atoms with Crippen LogP contribution in [-0.4, -0.2) is 43.5 Å². The Bertz CT molecular complexity index is 889. The molecular weight excluding hydrogens is 382 g/mol. The number of anilines is 2. The molecule has 29 heavy (non-hydrogen) atoms. The summed E-state index contributed by atoms with van der Waals surface area (Å²) in [6.45, 7) is 5.66. The molecule has 2 saturated carbocycles. The Hall–Kier alpha value is -2.04. The third-order valence-corrected chi connectivity index (χ3v) is 6.84. The highest BCUT2D eigenvalue weighted by atomic mass is 35.5. The highest BCUT2D eigenvalue weighted by Gasteiger charge is 2.44. The minimum atomic E-state index is 0.0181. The van der Waals surface area contributed by atoms with Crippen molar-refractivity contribution in [3.8, 4) is 0 Å². The first-order valence-electron chi connectivity index (χ1n) is 10.8. The minimum Gasteiger partial charge on any atom is -0.369 e. The molecule has 5 heteroatoms. The van der Waals surface area contributed by atoms with Gasteiger partial charge in [0.25, 0.3) is 0 Å². The average Bonchev–Trinajstić information content (AvgIpc) is 3.65. The van der Waals surface area contributed by atoms with Gasteiger partial charge in [-0.3, -0.25) is 9.69 Å². The number of hydrogen-bond acceptors (Lipinski definition) is 3. The predicted molar refractivity (Wildman–Crippen MR) is 119 cm³/mol. The van der Waals surface area contributed by atoms with Crippen molar-refractivity contribution in [2.24, 2.45) is 11.8 Å². The van der Waals surface area contributed by atoms with Crippen molar-refractivity contribution in [3.05, 3.63) is 59.1 Å². The molecule has 0 bridgehead atoms. The van der Waals surface area contributed by atoms with Crippen LogP contribution >= 0.6 is 11.6 Å². The van der Waals surface area contributed by atoms with Gasteiger partial charge in [0.1, 0.15) is 0 Å². The highest BCUT2D eigenvalue weighted by molar-refractivity contribution is 6.31. The number of benzene rings is 2. The molecule has 0 radical (unpaired) electrons. The zero-order valence-corrected chi connectivity index (χ0v) is 17.4. The first-order chi connectivity index (χ1) is 14.2. The molecule has 2 atom stereocenters. The summed E-state index contributed by atoms with van der Waals surface area (Å²) in [5.74, 6) is 1.31. The zero-order valence-electron chi connectivity index (χ0n) is 16.7. The Morgan fingerprint density at radius 3 is 2.59 bits per heavy atom. The Balaban J connectivity index is 1.17. The SMILES string of the molecule is O=C(Nc1cccc(N2CCN(CC3CC3)CC2)c1)C1CC1c1ccccc1Cl. The number of piperazine rings is 1. The average molecular weight is 410 g/mol. The molecule has 2 aromatic rings. The molecule has 0 spiro atoms. The zero-order chi connectivity index (χ0) is 19.8. The summed E-state index contributed by atoms with van der Waals surface area (Å²) in [5.41, 5.74) is 3.18. The summed E-state index contributed by atoms with van der Waals surface area (Å²) in [4.78, 5) is 17.8. The summed E-state index contributed by atoms with van der Waals surface area (Å²) in [6.07, 6.45) is 3.71. The topological polar surface area (TPSA) is 35.6 Å². The van der Waals surface area contributed by atoms with Crippen molar-refractivity contribution < 1.29 is 4.79 Å². The molecule has 152 valence electrons. The van der Waals surface area contributed by atoms with Gasteiger partial charge in [-0.05, 0) is 60.9 Å². The van der Waals surface area contributed by atoms with Gasteiger partial charge in [0, 0.05) is 55.0 Å². The summed E-state index contributed by atoms with van der Waals surface area (Å²) >= 11 is 6.30. The van der Waals surface area contributed by atoms with Crippen molar-refractivity contribution in [2.45, 2.75) is 25.2 Å². The first kappa shape index (κ1) is 19.0. The smallest absolute Gasteiger partial charge is 0.228 e. The van der Waals surface area contributed by atoms with Crippen molar-refractivity contribution in [1.29, 1.82) is 0 Å². The van der Waals surface area contributed by atoms with E-state index in [1.54, 1.807) is 0 Å². The van der Waals surface area contributed by atoms with E-state index in [0.717, 1.165) is 54.8 Å². The van der Waals surface area contributed by atoms with Crippen LogP contribution < -0.4 is 10.2 Å². The summed E-state index contributed by atoms with van der Waals surface area (Å²) in [6, 6.07) is 16.1. The van der Waals surface area contributed by atoms with Gasteiger partial charge in [0.05, 0.1) is 0 Å². The van der Waals surface area contributed by atoms with E-state index in [4.69, 9.17) is 11.6 Å². The van der Waals surface area contributed by atoms with Gasteiger partial charge < -0.3 is 10.2 Å². The van der Waals surface area contributed by atoms with Gasteiger partial charge in [0.15, 0.2) is 0 Å². The quantitative estimate of drug-likeness (QED) is 0.756. The van der Waals surface area contributed by atoms with Gasteiger partial charge in [0.2, 0.25) is 5.91 Å². The van der Waals surface area contributed by atoms with Crippen molar-refractivity contribution in [3.63, 3.8) is 0 Å². The molecule has 3 fully saturated rings. The monoisotopic (exact) mass is 409 g/mol. The molecule has 0 aromatic heterocycles. The van der Waals surface area contributed by atoms with Crippen LogP contribution in [0.5, 0.6) is 0 Å². The molecule has 1 aliphatic heterocycles. The van der Waals surface area contributed by atoms with Crippen LogP contribution in [0.1, 0.15) is 30.7 Å². The van der Waals surface area contributed by atoms with Crippen molar-refractivity contribution in [1.82, 2.24) is 4.90 Å². The largest absolute Gasteiger partial charge is 0.369 e. The Morgan fingerprint density at radius 1 is 1.03 bits per heavy atom. The fourth-order valence-electron chi connectivity index (χ4n) is 4.47. The lowest BCUT2D eigenvalue weighted by Crippen LogP contribution is -2.47. The van der Waals surface area contributed by atoms with Crippen LogP contribution in [0.25, 0.3) is 0 Å². The second kappa shape index (κ2) is 8.00. The molecule has 1 heterocycles. The Labute approximate surface area is 177 Å². The Morgan fingerprint density at radius 2 is 1.83 bits per heavy atom. The van der Waals surface area contributed by atoms with Gasteiger partial charge >= 0.3 is 0 Å².